The van der Waals surface area contributed by atoms with Crippen molar-refractivity contribution in [3.63, 3.8) is 0 Å². The van der Waals surface area contributed by atoms with Gasteiger partial charge in [0, 0.05) is 57.4 Å². The molecular weight excluding hydrogens is 328 g/mol. The molecule has 7 heteroatoms. The molecule has 1 fully saturated rings. The average molecular weight is 354 g/mol. The Morgan fingerprint density at radius 2 is 2.00 bits per heavy atom. The molecule has 1 saturated heterocycles. The van der Waals surface area contributed by atoms with E-state index in [0.717, 1.165) is 68.5 Å². The molecule has 138 valence electrons. The first kappa shape index (κ1) is 17.0. The zero-order valence-corrected chi connectivity index (χ0v) is 15.5. The molecule has 0 radical (unpaired) electrons. The van der Waals surface area contributed by atoms with Gasteiger partial charge in [0.15, 0.2) is 0 Å². The number of benzene rings is 1. The SMILES string of the molecule is CN(C)c1cccc(C(=O)N2CCC(c3nnc4n3CCNC4)CC2)c1. The third-order valence-electron chi connectivity index (χ3n) is 5.41. The highest BCUT2D eigenvalue weighted by atomic mass is 16.2. The van der Waals surface area contributed by atoms with Crippen molar-refractivity contribution in [2.75, 3.05) is 38.6 Å². The van der Waals surface area contributed by atoms with E-state index in [2.05, 4.69) is 20.1 Å². The van der Waals surface area contributed by atoms with Gasteiger partial charge in [0.2, 0.25) is 0 Å². The number of hydrogen-bond donors (Lipinski definition) is 1. The number of anilines is 1. The van der Waals surface area contributed by atoms with Gasteiger partial charge in [0.05, 0.1) is 6.54 Å². The van der Waals surface area contributed by atoms with Crippen molar-refractivity contribution in [1.29, 1.82) is 0 Å². The van der Waals surface area contributed by atoms with Crippen molar-refractivity contribution in [1.82, 2.24) is 25.0 Å². The third kappa shape index (κ3) is 3.19. The van der Waals surface area contributed by atoms with E-state index in [9.17, 15) is 4.79 Å². The maximum Gasteiger partial charge on any atom is 0.253 e. The van der Waals surface area contributed by atoms with Crippen molar-refractivity contribution in [3.8, 4) is 0 Å². The molecule has 2 aliphatic rings. The Morgan fingerprint density at radius 1 is 1.19 bits per heavy atom. The summed E-state index contributed by atoms with van der Waals surface area (Å²) in [5.74, 6) is 2.65. The van der Waals surface area contributed by atoms with E-state index in [1.54, 1.807) is 0 Å². The maximum atomic E-state index is 12.9. The van der Waals surface area contributed by atoms with Crippen molar-refractivity contribution >= 4 is 11.6 Å². The average Bonchev–Trinajstić information content (AvgIpc) is 3.12. The van der Waals surface area contributed by atoms with Crippen LogP contribution >= 0.6 is 0 Å². The zero-order chi connectivity index (χ0) is 18.1. The number of fused-ring (bicyclic) bond motifs is 1. The highest BCUT2D eigenvalue weighted by Crippen LogP contribution is 2.28. The van der Waals surface area contributed by atoms with Crippen molar-refractivity contribution in [2.24, 2.45) is 0 Å². The second-order valence-electron chi connectivity index (χ2n) is 7.31. The van der Waals surface area contributed by atoms with Crippen LogP contribution in [-0.2, 0) is 13.1 Å². The van der Waals surface area contributed by atoms with E-state index in [-0.39, 0.29) is 5.91 Å². The molecule has 26 heavy (non-hydrogen) atoms. The molecule has 1 amide bonds. The molecule has 0 saturated carbocycles. The molecule has 0 atom stereocenters. The molecule has 1 aromatic carbocycles. The predicted octanol–water partition coefficient (Wildman–Crippen LogP) is 1.47. The quantitative estimate of drug-likeness (QED) is 0.904. The minimum atomic E-state index is 0.125. The first-order valence-electron chi connectivity index (χ1n) is 9.33. The maximum absolute atomic E-state index is 12.9. The molecule has 3 heterocycles. The van der Waals surface area contributed by atoms with Crippen LogP contribution in [0.2, 0.25) is 0 Å². The van der Waals surface area contributed by atoms with Crippen LogP contribution in [0, 0.1) is 0 Å². The topological polar surface area (TPSA) is 66.3 Å². The van der Waals surface area contributed by atoms with Gasteiger partial charge in [0.1, 0.15) is 11.6 Å². The molecule has 0 unspecified atom stereocenters. The lowest BCUT2D eigenvalue weighted by Crippen LogP contribution is -2.39. The second kappa shape index (κ2) is 7.07. The summed E-state index contributed by atoms with van der Waals surface area (Å²) in [4.78, 5) is 16.9. The molecule has 0 bridgehead atoms. The number of likely N-dealkylation sites (tertiary alicyclic amines) is 1. The Labute approximate surface area is 154 Å². The normalized spacial score (nSPS) is 17.8. The van der Waals surface area contributed by atoms with Gasteiger partial charge in [-0.25, -0.2) is 0 Å². The van der Waals surface area contributed by atoms with Crippen LogP contribution in [0.25, 0.3) is 0 Å². The van der Waals surface area contributed by atoms with Gasteiger partial charge in [-0.3, -0.25) is 4.79 Å². The molecule has 7 nitrogen and oxygen atoms in total. The van der Waals surface area contributed by atoms with E-state index >= 15 is 0 Å². The van der Waals surface area contributed by atoms with Crippen LogP contribution in [0.15, 0.2) is 24.3 Å². The van der Waals surface area contributed by atoms with Crippen LogP contribution in [0.1, 0.15) is 40.8 Å². The standard InChI is InChI=1S/C19H26N6O/c1-23(2)16-5-3-4-15(12-16)19(26)24-9-6-14(7-10-24)18-22-21-17-13-20-8-11-25(17)18/h3-5,12,14,20H,6-11,13H2,1-2H3. The van der Waals surface area contributed by atoms with Gasteiger partial charge in [-0.15, -0.1) is 10.2 Å². The third-order valence-corrected chi connectivity index (χ3v) is 5.41. The second-order valence-corrected chi connectivity index (χ2v) is 7.31. The Morgan fingerprint density at radius 3 is 2.77 bits per heavy atom. The van der Waals surface area contributed by atoms with Crippen molar-refractivity contribution < 1.29 is 4.79 Å². The van der Waals surface area contributed by atoms with Gasteiger partial charge >= 0.3 is 0 Å². The molecular formula is C19H26N6O. The Bertz CT molecular complexity index is 791. The molecule has 0 spiro atoms. The number of carbonyl (C=O) groups is 1. The summed E-state index contributed by atoms with van der Waals surface area (Å²) in [5.41, 5.74) is 1.81. The van der Waals surface area contributed by atoms with Crippen LogP contribution < -0.4 is 10.2 Å². The Hall–Kier alpha value is -2.41. The number of rotatable bonds is 3. The smallest absolute Gasteiger partial charge is 0.253 e. The summed E-state index contributed by atoms with van der Waals surface area (Å²) in [6.07, 6.45) is 1.90. The number of nitrogens with zero attached hydrogens (tertiary/aromatic N) is 5. The van der Waals surface area contributed by atoms with E-state index in [1.165, 1.54) is 0 Å². The Balaban J connectivity index is 1.43. The van der Waals surface area contributed by atoms with E-state index in [1.807, 2.05) is 48.2 Å². The van der Waals surface area contributed by atoms with Gasteiger partial charge in [0.25, 0.3) is 5.91 Å². The lowest BCUT2D eigenvalue weighted by Gasteiger charge is -2.32. The fourth-order valence-corrected chi connectivity index (χ4v) is 3.86. The molecule has 0 aliphatic carbocycles. The van der Waals surface area contributed by atoms with Gasteiger partial charge < -0.3 is 19.7 Å². The first-order valence-corrected chi connectivity index (χ1v) is 9.33. The van der Waals surface area contributed by atoms with Gasteiger partial charge in [-0.05, 0) is 31.0 Å². The highest BCUT2D eigenvalue weighted by Gasteiger charge is 2.29. The minimum Gasteiger partial charge on any atom is -0.378 e. The lowest BCUT2D eigenvalue weighted by molar-refractivity contribution is 0.0710. The summed E-state index contributed by atoms with van der Waals surface area (Å²) < 4.78 is 2.26. The number of aromatic nitrogens is 3. The molecule has 2 aliphatic heterocycles. The Kier molecular flexibility index (Phi) is 4.63. The first-order chi connectivity index (χ1) is 12.6. The number of nitrogens with one attached hydrogen (secondary N) is 1. The summed E-state index contributed by atoms with van der Waals surface area (Å²) in [7, 11) is 3.98. The molecule has 1 aromatic heterocycles. The lowest BCUT2D eigenvalue weighted by atomic mass is 9.95. The number of hydrogen-bond acceptors (Lipinski definition) is 5. The minimum absolute atomic E-state index is 0.125. The number of carbonyl (C=O) groups excluding carboxylic acids is 1. The van der Waals surface area contributed by atoms with Crippen LogP contribution in [0.3, 0.4) is 0 Å². The van der Waals surface area contributed by atoms with E-state index in [4.69, 9.17) is 0 Å². The van der Waals surface area contributed by atoms with Crippen LogP contribution in [0.5, 0.6) is 0 Å². The van der Waals surface area contributed by atoms with Crippen LogP contribution in [-0.4, -0.2) is 59.3 Å². The van der Waals surface area contributed by atoms with Gasteiger partial charge in [-0.2, -0.15) is 0 Å². The summed E-state index contributed by atoms with van der Waals surface area (Å²) in [6, 6.07) is 7.85. The summed E-state index contributed by atoms with van der Waals surface area (Å²) in [6.45, 7) is 4.25. The molecule has 1 N–H and O–H groups in total. The zero-order valence-electron chi connectivity index (χ0n) is 15.5. The van der Waals surface area contributed by atoms with Crippen molar-refractivity contribution in [2.45, 2.75) is 31.8 Å². The number of amides is 1. The monoisotopic (exact) mass is 354 g/mol. The molecule has 2 aromatic rings. The summed E-state index contributed by atoms with van der Waals surface area (Å²) >= 11 is 0. The van der Waals surface area contributed by atoms with Crippen molar-refractivity contribution in [3.05, 3.63) is 41.5 Å². The van der Waals surface area contributed by atoms with Crippen LogP contribution in [0.4, 0.5) is 5.69 Å². The van der Waals surface area contributed by atoms with Gasteiger partial charge in [-0.1, -0.05) is 6.07 Å². The number of piperidine rings is 1. The molecule has 4 rings (SSSR count). The van der Waals surface area contributed by atoms with E-state index in [0.29, 0.717) is 5.92 Å². The largest absolute Gasteiger partial charge is 0.378 e. The summed E-state index contributed by atoms with van der Waals surface area (Å²) in [5, 5.41) is 12.1. The highest BCUT2D eigenvalue weighted by molar-refractivity contribution is 5.95. The van der Waals surface area contributed by atoms with E-state index < -0.39 is 0 Å². The fraction of sp³-hybridized carbons (Fsp3) is 0.526. The predicted molar refractivity (Wildman–Crippen MR) is 100 cm³/mol. The fourth-order valence-electron chi connectivity index (χ4n) is 3.86.